The summed E-state index contributed by atoms with van der Waals surface area (Å²) in [6.07, 6.45) is 0. The average Bonchev–Trinajstić information content (AvgIpc) is 2.62. The molecule has 0 saturated heterocycles. The van der Waals surface area contributed by atoms with Crippen LogP contribution in [0.2, 0.25) is 0 Å². The van der Waals surface area contributed by atoms with Gasteiger partial charge in [-0.2, -0.15) is 0 Å². The molecule has 121 valence electrons. The SMILES string of the molecule is CC(C)c1[c]c(C(C)C)c(-c2ccccc2)cc1-c1ccccc1. The fraction of sp³-hybridized carbons (Fsp3) is 0.250. The Hall–Kier alpha value is -2.34. The summed E-state index contributed by atoms with van der Waals surface area (Å²) in [6.45, 7) is 9.02. The second kappa shape index (κ2) is 7.05. The van der Waals surface area contributed by atoms with Crippen molar-refractivity contribution in [1.82, 2.24) is 0 Å². The third-order valence-corrected chi connectivity index (χ3v) is 4.46. The topological polar surface area (TPSA) is 0 Å². The van der Waals surface area contributed by atoms with Gasteiger partial charge in [-0.15, -0.1) is 0 Å². The van der Waals surface area contributed by atoms with E-state index in [9.17, 15) is 0 Å². The van der Waals surface area contributed by atoms with Crippen molar-refractivity contribution in [3.63, 3.8) is 0 Å². The molecule has 0 N–H and O–H groups in total. The number of rotatable bonds is 4. The van der Waals surface area contributed by atoms with Crippen molar-refractivity contribution in [2.75, 3.05) is 0 Å². The first-order valence-corrected chi connectivity index (χ1v) is 8.79. The monoisotopic (exact) mass is 313 g/mol. The van der Waals surface area contributed by atoms with Crippen LogP contribution in [0, 0.1) is 6.07 Å². The average molecular weight is 313 g/mol. The van der Waals surface area contributed by atoms with Crippen molar-refractivity contribution < 1.29 is 0 Å². The van der Waals surface area contributed by atoms with E-state index in [4.69, 9.17) is 0 Å². The van der Waals surface area contributed by atoms with Crippen LogP contribution >= 0.6 is 0 Å². The van der Waals surface area contributed by atoms with Gasteiger partial charge in [0.1, 0.15) is 0 Å². The quantitative estimate of drug-likeness (QED) is 0.483. The van der Waals surface area contributed by atoms with E-state index in [2.05, 4.69) is 100 Å². The summed E-state index contributed by atoms with van der Waals surface area (Å²) >= 11 is 0. The van der Waals surface area contributed by atoms with Crippen molar-refractivity contribution in [2.24, 2.45) is 0 Å². The Morgan fingerprint density at radius 3 is 1.29 bits per heavy atom. The van der Waals surface area contributed by atoms with Crippen molar-refractivity contribution in [1.29, 1.82) is 0 Å². The van der Waals surface area contributed by atoms with Gasteiger partial charge in [-0.3, -0.25) is 0 Å². The smallest absolute Gasteiger partial charge is 0.00960 e. The van der Waals surface area contributed by atoms with Crippen LogP contribution in [0.25, 0.3) is 22.3 Å². The van der Waals surface area contributed by atoms with E-state index >= 15 is 0 Å². The summed E-state index contributed by atoms with van der Waals surface area (Å²) in [7, 11) is 0. The van der Waals surface area contributed by atoms with Gasteiger partial charge in [-0.1, -0.05) is 88.4 Å². The Labute approximate surface area is 146 Å². The molecule has 0 spiro atoms. The molecule has 0 heteroatoms. The first-order valence-electron chi connectivity index (χ1n) is 8.79. The zero-order valence-corrected chi connectivity index (χ0v) is 15.0. The minimum absolute atomic E-state index is 0.447. The van der Waals surface area contributed by atoms with E-state index in [0.717, 1.165) is 0 Å². The lowest BCUT2D eigenvalue weighted by Gasteiger charge is -2.20. The zero-order valence-electron chi connectivity index (χ0n) is 15.0. The van der Waals surface area contributed by atoms with Gasteiger partial charge in [0.05, 0.1) is 0 Å². The molecular formula is C24H25. The van der Waals surface area contributed by atoms with Gasteiger partial charge < -0.3 is 0 Å². The molecule has 0 saturated carbocycles. The zero-order chi connectivity index (χ0) is 17.1. The van der Waals surface area contributed by atoms with Gasteiger partial charge >= 0.3 is 0 Å². The normalized spacial score (nSPS) is 11.2. The van der Waals surface area contributed by atoms with Crippen LogP contribution in [0.1, 0.15) is 50.7 Å². The lowest BCUT2D eigenvalue weighted by atomic mass is 9.83. The molecule has 0 aliphatic carbocycles. The van der Waals surface area contributed by atoms with Crippen LogP contribution in [0.5, 0.6) is 0 Å². The van der Waals surface area contributed by atoms with Gasteiger partial charge in [0.2, 0.25) is 0 Å². The van der Waals surface area contributed by atoms with Gasteiger partial charge in [0.25, 0.3) is 0 Å². The molecule has 0 unspecified atom stereocenters. The first-order chi connectivity index (χ1) is 11.6. The molecule has 0 nitrogen and oxygen atoms in total. The van der Waals surface area contributed by atoms with Crippen molar-refractivity contribution in [3.05, 3.63) is 83.9 Å². The Morgan fingerprint density at radius 1 is 0.583 bits per heavy atom. The highest BCUT2D eigenvalue weighted by Crippen LogP contribution is 2.38. The van der Waals surface area contributed by atoms with Crippen molar-refractivity contribution in [2.45, 2.75) is 39.5 Å². The maximum absolute atomic E-state index is 3.78. The summed E-state index contributed by atoms with van der Waals surface area (Å²) in [5.74, 6) is 0.894. The predicted molar refractivity (Wildman–Crippen MR) is 104 cm³/mol. The lowest BCUT2D eigenvalue weighted by Crippen LogP contribution is -2.00. The van der Waals surface area contributed by atoms with E-state index in [1.807, 2.05) is 0 Å². The number of hydrogen-bond donors (Lipinski definition) is 0. The van der Waals surface area contributed by atoms with Crippen LogP contribution in [-0.2, 0) is 0 Å². The summed E-state index contributed by atoms with van der Waals surface area (Å²) in [6, 6.07) is 27.5. The molecule has 3 aromatic rings. The second-order valence-electron chi connectivity index (χ2n) is 6.97. The highest BCUT2D eigenvalue weighted by Gasteiger charge is 2.17. The van der Waals surface area contributed by atoms with Crippen molar-refractivity contribution >= 4 is 0 Å². The molecule has 1 radical (unpaired) electrons. The van der Waals surface area contributed by atoms with E-state index in [1.54, 1.807) is 0 Å². The van der Waals surface area contributed by atoms with E-state index in [0.29, 0.717) is 11.8 Å². The highest BCUT2D eigenvalue weighted by atomic mass is 14.2. The minimum atomic E-state index is 0.447. The third kappa shape index (κ3) is 3.28. The summed E-state index contributed by atoms with van der Waals surface area (Å²) < 4.78 is 0. The Kier molecular flexibility index (Phi) is 4.85. The van der Waals surface area contributed by atoms with Crippen LogP contribution in [0.15, 0.2) is 66.7 Å². The van der Waals surface area contributed by atoms with Crippen LogP contribution in [-0.4, -0.2) is 0 Å². The molecule has 0 aromatic heterocycles. The molecule has 3 aromatic carbocycles. The standard InChI is InChI=1S/C24H25/c1-17(2)21-15-22(18(3)4)24(20-13-9-6-10-14-20)16-23(21)19-11-7-5-8-12-19/h5-14,16-18H,1-4H3. The molecule has 0 heterocycles. The maximum Gasteiger partial charge on any atom is -0.00960 e. The van der Waals surface area contributed by atoms with Gasteiger partial charge in [-0.05, 0) is 57.3 Å². The fourth-order valence-electron chi connectivity index (χ4n) is 3.20. The Morgan fingerprint density at radius 2 is 0.958 bits per heavy atom. The molecule has 24 heavy (non-hydrogen) atoms. The van der Waals surface area contributed by atoms with E-state index in [-0.39, 0.29) is 0 Å². The lowest BCUT2D eigenvalue weighted by molar-refractivity contribution is 0.834. The Bertz CT molecular complexity index is 729. The fourth-order valence-corrected chi connectivity index (χ4v) is 3.20. The minimum Gasteiger partial charge on any atom is -0.0622 e. The largest absolute Gasteiger partial charge is 0.0622 e. The van der Waals surface area contributed by atoms with Crippen LogP contribution in [0.4, 0.5) is 0 Å². The van der Waals surface area contributed by atoms with Crippen LogP contribution in [0.3, 0.4) is 0 Å². The molecule has 0 fully saturated rings. The maximum atomic E-state index is 3.78. The summed E-state index contributed by atoms with van der Waals surface area (Å²) in [5.41, 5.74) is 7.76. The summed E-state index contributed by atoms with van der Waals surface area (Å²) in [5, 5.41) is 0. The van der Waals surface area contributed by atoms with Crippen molar-refractivity contribution in [3.8, 4) is 22.3 Å². The first kappa shape index (κ1) is 16.5. The predicted octanol–water partition coefficient (Wildman–Crippen LogP) is 7.07. The van der Waals surface area contributed by atoms with Gasteiger partial charge in [-0.25, -0.2) is 0 Å². The molecule has 0 amide bonds. The van der Waals surface area contributed by atoms with E-state index in [1.165, 1.54) is 33.4 Å². The molecule has 0 atom stereocenters. The molecule has 0 aliphatic heterocycles. The molecular weight excluding hydrogens is 288 g/mol. The highest BCUT2D eigenvalue weighted by molar-refractivity contribution is 5.78. The number of hydrogen-bond acceptors (Lipinski definition) is 0. The number of benzene rings is 3. The van der Waals surface area contributed by atoms with Gasteiger partial charge in [0, 0.05) is 0 Å². The Balaban J connectivity index is 2.29. The second-order valence-corrected chi connectivity index (χ2v) is 6.97. The molecule has 0 bridgehead atoms. The van der Waals surface area contributed by atoms with Gasteiger partial charge in [0.15, 0.2) is 0 Å². The van der Waals surface area contributed by atoms with Crippen LogP contribution < -0.4 is 0 Å². The van der Waals surface area contributed by atoms with E-state index < -0.39 is 0 Å². The molecule has 3 rings (SSSR count). The summed E-state index contributed by atoms with van der Waals surface area (Å²) in [4.78, 5) is 0. The molecule has 0 aliphatic rings. The third-order valence-electron chi connectivity index (χ3n) is 4.46.